The molecule has 0 bridgehead atoms. The summed E-state index contributed by atoms with van der Waals surface area (Å²) in [6.07, 6.45) is 1.51. The molecule has 29 heavy (non-hydrogen) atoms. The van der Waals surface area contributed by atoms with Crippen molar-refractivity contribution in [1.82, 2.24) is 5.32 Å². The Morgan fingerprint density at radius 2 is 1.31 bits per heavy atom. The third-order valence-electron chi connectivity index (χ3n) is 4.03. The highest BCUT2D eigenvalue weighted by Gasteiger charge is 2.38. The summed E-state index contributed by atoms with van der Waals surface area (Å²) in [5.41, 5.74) is 0.843. The van der Waals surface area contributed by atoms with E-state index >= 15 is 0 Å². The van der Waals surface area contributed by atoms with Crippen LogP contribution < -0.4 is 14.4 Å². The number of para-hydroxylation sites is 2. The lowest BCUT2D eigenvalue weighted by Gasteiger charge is -2.26. The van der Waals surface area contributed by atoms with Crippen molar-refractivity contribution >= 4 is 13.5 Å². The average Bonchev–Trinajstić information content (AvgIpc) is 2.74. The summed E-state index contributed by atoms with van der Waals surface area (Å²) in [5.74, 6) is -0.597. The third-order valence-corrected chi connectivity index (χ3v) is 5.98. The van der Waals surface area contributed by atoms with Crippen LogP contribution in [0.5, 0.6) is 11.5 Å². The molecular weight excluding hydrogens is 385 g/mol. The van der Waals surface area contributed by atoms with E-state index in [1.54, 1.807) is 48.5 Å². The van der Waals surface area contributed by atoms with Crippen molar-refractivity contribution in [3.8, 4) is 11.5 Å². The molecule has 148 valence electrons. The molecule has 0 radical (unpaired) electrons. The van der Waals surface area contributed by atoms with Gasteiger partial charge in [-0.3, -0.25) is 4.79 Å². The molecule has 1 unspecified atom stereocenters. The molecule has 0 aliphatic heterocycles. The number of benzene rings is 3. The molecule has 0 aliphatic carbocycles. The minimum absolute atomic E-state index is 0.141. The number of hydrogen-bond acceptors (Lipinski definition) is 4. The van der Waals surface area contributed by atoms with Gasteiger partial charge in [0.15, 0.2) is 5.78 Å². The number of carbonyl (C=O) groups is 1. The molecule has 0 aliphatic rings. The van der Waals surface area contributed by atoms with Crippen LogP contribution in [0, 0.1) is 0 Å². The second-order valence-corrected chi connectivity index (χ2v) is 8.26. The van der Waals surface area contributed by atoms with Gasteiger partial charge in [-0.2, -0.15) is 0 Å². The largest absolute Gasteiger partial charge is 0.456 e. The van der Waals surface area contributed by atoms with E-state index in [-0.39, 0.29) is 12.3 Å². The van der Waals surface area contributed by atoms with Crippen molar-refractivity contribution in [2.45, 2.75) is 12.2 Å². The maximum Gasteiger partial charge on any atom is 0.456 e. The highest BCUT2D eigenvalue weighted by Crippen LogP contribution is 2.52. The van der Waals surface area contributed by atoms with Gasteiger partial charge in [0.05, 0.1) is 6.42 Å². The van der Waals surface area contributed by atoms with Gasteiger partial charge in [-0.05, 0) is 29.8 Å². The van der Waals surface area contributed by atoms with Crippen LogP contribution in [0.3, 0.4) is 0 Å². The van der Waals surface area contributed by atoms with Gasteiger partial charge in [-0.25, -0.2) is 4.57 Å². The molecule has 5 nitrogen and oxygen atoms in total. The zero-order valence-electron chi connectivity index (χ0n) is 15.8. The van der Waals surface area contributed by atoms with Crippen LogP contribution in [0.2, 0.25) is 0 Å². The first-order valence-electron chi connectivity index (χ1n) is 9.14. The minimum atomic E-state index is -3.88. The van der Waals surface area contributed by atoms with Gasteiger partial charge in [0.2, 0.25) is 5.91 Å². The summed E-state index contributed by atoms with van der Waals surface area (Å²) in [6.45, 7) is 3.72. The summed E-state index contributed by atoms with van der Waals surface area (Å²) in [4.78, 5) is 12.5. The van der Waals surface area contributed by atoms with E-state index in [2.05, 4.69) is 11.9 Å². The summed E-state index contributed by atoms with van der Waals surface area (Å²) in [7, 11) is -3.88. The van der Waals surface area contributed by atoms with Crippen LogP contribution >= 0.6 is 7.60 Å². The van der Waals surface area contributed by atoms with E-state index in [0.717, 1.165) is 5.56 Å². The van der Waals surface area contributed by atoms with E-state index < -0.39 is 13.4 Å². The molecular formula is C23H22NO4P. The molecule has 3 aromatic carbocycles. The number of rotatable bonds is 9. The summed E-state index contributed by atoms with van der Waals surface area (Å²) < 4.78 is 25.3. The maximum atomic E-state index is 13.7. The standard InChI is InChI=1S/C23H22NO4P/c1-2-23(24-22(25)18-19-12-6-3-7-13-19)29(26,27-20-14-8-4-9-15-20)28-21-16-10-5-11-17-21/h2-17,23H,1,18H2,(H,24,25). The van der Waals surface area contributed by atoms with Gasteiger partial charge in [0.25, 0.3) is 0 Å². The Hall–Kier alpha value is -3.30. The second kappa shape index (κ2) is 9.76. The zero-order chi connectivity index (χ0) is 20.5. The van der Waals surface area contributed by atoms with Crippen molar-refractivity contribution in [3.63, 3.8) is 0 Å². The van der Waals surface area contributed by atoms with E-state index in [9.17, 15) is 9.36 Å². The fraction of sp³-hybridized carbons (Fsp3) is 0.0870. The normalized spacial score (nSPS) is 11.9. The Balaban J connectivity index is 1.82. The first-order chi connectivity index (χ1) is 14.1. The van der Waals surface area contributed by atoms with Gasteiger partial charge >= 0.3 is 7.60 Å². The van der Waals surface area contributed by atoms with E-state index in [0.29, 0.717) is 11.5 Å². The van der Waals surface area contributed by atoms with Crippen LogP contribution in [0.15, 0.2) is 104 Å². The quantitative estimate of drug-likeness (QED) is 0.391. The van der Waals surface area contributed by atoms with Crippen molar-refractivity contribution in [3.05, 3.63) is 109 Å². The van der Waals surface area contributed by atoms with Crippen molar-refractivity contribution in [2.24, 2.45) is 0 Å². The van der Waals surface area contributed by atoms with E-state index in [1.165, 1.54) is 6.08 Å². The van der Waals surface area contributed by atoms with Crippen LogP contribution in [-0.4, -0.2) is 11.7 Å². The van der Waals surface area contributed by atoms with Gasteiger partial charge in [0, 0.05) is 0 Å². The molecule has 1 atom stereocenters. The molecule has 6 heteroatoms. The number of carbonyl (C=O) groups excluding carboxylic acids is 1. The molecule has 0 saturated carbocycles. The smallest absolute Gasteiger partial charge is 0.415 e. The predicted molar refractivity (Wildman–Crippen MR) is 114 cm³/mol. The fourth-order valence-corrected chi connectivity index (χ4v) is 4.31. The van der Waals surface area contributed by atoms with Gasteiger partial charge in [-0.1, -0.05) is 72.8 Å². The van der Waals surface area contributed by atoms with Gasteiger partial charge < -0.3 is 14.4 Å². The molecule has 0 heterocycles. The lowest BCUT2D eigenvalue weighted by molar-refractivity contribution is -0.120. The van der Waals surface area contributed by atoms with Crippen molar-refractivity contribution < 1.29 is 18.4 Å². The van der Waals surface area contributed by atoms with Crippen LogP contribution in [0.4, 0.5) is 0 Å². The van der Waals surface area contributed by atoms with Crippen molar-refractivity contribution in [1.29, 1.82) is 0 Å². The van der Waals surface area contributed by atoms with E-state index in [4.69, 9.17) is 9.05 Å². The molecule has 3 aromatic rings. The summed E-state index contributed by atoms with van der Waals surface area (Å²) >= 11 is 0. The Morgan fingerprint density at radius 3 is 1.76 bits per heavy atom. The van der Waals surface area contributed by atoms with Gasteiger partial charge in [0.1, 0.15) is 11.5 Å². The third kappa shape index (κ3) is 5.84. The molecule has 0 spiro atoms. The molecule has 0 aromatic heterocycles. The van der Waals surface area contributed by atoms with Gasteiger partial charge in [-0.15, -0.1) is 6.58 Å². The minimum Gasteiger partial charge on any atom is -0.415 e. The Bertz CT molecular complexity index is 932. The Morgan fingerprint density at radius 1 is 0.862 bits per heavy atom. The molecule has 1 amide bonds. The molecule has 3 rings (SSSR count). The average molecular weight is 407 g/mol. The summed E-state index contributed by atoms with van der Waals surface area (Å²) in [5, 5.41) is 2.73. The SMILES string of the molecule is C=CC(NC(=O)Cc1ccccc1)P(=O)(Oc1ccccc1)Oc1ccccc1. The Labute approximate surface area is 170 Å². The number of hydrogen-bond donors (Lipinski definition) is 1. The first-order valence-corrected chi connectivity index (χ1v) is 10.7. The van der Waals surface area contributed by atoms with E-state index in [1.807, 2.05) is 42.5 Å². The number of amides is 1. The number of nitrogens with one attached hydrogen (secondary N) is 1. The molecule has 0 saturated heterocycles. The first kappa shape index (κ1) is 20.4. The Kier molecular flexibility index (Phi) is 6.88. The lowest BCUT2D eigenvalue weighted by atomic mass is 10.1. The van der Waals surface area contributed by atoms with Crippen molar-refractivity contribution in [2.75, 3.05) is 0 Å². The monoisotopic (exact) mass is 407 g/mol. The summed E-state index contributed by atoms with van der Waals surface area (Å²) in [6, 6.07) is 26.7. The molecule has 0 fully saturated rings. The predicted octanol–water partition coefficient (Wildman–Crippen LogP) is 5.21. The lowest BCUT2D eigenvalue weighted by Crippen LogP contribution is -2.36. The highest BCUT2D eigenvalue weighted by atomic mass is 31.2. The van der Waals surface area contributed by atoms with Crippen LogP contribution in [0.25, 0.3) is 0 Å². The fourth-order valence-electron chi connectivity index (χ4n) is 2.65. The van der Waals surface area contributed by atoms with Crippen LogP contribution in [0.1, 0.15) is 5.56 Å². The topological polar surface area (TPSA) is 64.6 Å². The maximum absolute atomic E-state index is 13.7. The second-order valence-electron chi connectivity index (χ2n) is 6.26. The zero-order valence-corrected chi connectivity index (χ0v) is 16.7. The highest BCUT2D eigenvalue weighted by molar-refractivity contribution is 7.55. The van der Waals surface area contributed by atoms with Crippen LogP contribution in [-0.2, 0) is 15.8 Å². The molecule has 1 N–H and O–H groups in total.